The maximum Gasteiger partial charge on any atom is 0.261 e. The number of amides is 1. The molecule has 2 aromatic rings. The molecule has 0 radical (unpaired) electrons. The van der Waals surface area contributed by atoms with Crippen molar-refractivity contribution in [1.82, 2.24) is 0 Å². The highest BCUT2D eigenvalue weighted by molar-refractivity contribution is 6.06. The molecule has 0 fully saturated rings. The second kappa shape index (κ2) is 5.78. The van der Waals surface area contributed by atoms with E-state index in [1.807, 2.05) is 0 Å². The van der Waals surface area contributed by atoms with E-state index in [4.69, 9.17) is 10.5 Å². The van der Waals surface area contributed by atoms with Gasteiger partial charge >= 0.3 is 0 Å². The number of hydrogen-bond acceptors (Lipinski definition) is 3. The number of ether oxygens (including phenoxy) is 1. The Hall–Kier alpha value is -2.63. The molecule has 6 heteroatoms. The summed E-state index contributed by atoms with van der Waals surface area (Å²) in [5.74, 6) is -1.92. The van der Waals surface area contributed by atoms with Crippen LogP contribution >= 0.6 is 0 Å². The topological polar surface area (TPSA) is 55.6 Å². The minimum atomic E-state index is -0.957. The Balaban J connectivity index is 2.37. The Bertz CT molecular complexity index is 689. The van der Waals surface area contributed by atoms with Gasteiger partial charge in [0.1, 0.15) is 17.4 Å². The molecule has 110 valence electrons. The summed E-state index contributed by atoms with van der Waals surface area (Å²) < 4.78 is 31.9. The third kappa shape index (κ3) is 2.94. The maximum atomic E-state index is 13.7. The summed E-state index contributed by atoms with van der Waals surface area (Å²) in [6, 6.07) is 8.31. The zero-order chi connectivity index (χ0) is 15.6. The molecule has 0 unspecified atom stereocenters. The van der Waals surface area contributed by atoms with Crippen molar-refractivity contribution in [2.75, 3.05) is 24.8 Å². The molecule has 2 rings (SSSR count). The second-order valence-corrected chi connectivity index (χ2v) is 4.42. The van der Waals surface area contributed by atoms with Gasteiger partial charge in [-0.3, -0.25) is 4.79 Å². The van der Waals surface area contributed by atoms with Crippen LogP contribution in [0, 0.1) is 11.6 Å². The van der Waals surface area contributed by atoms with Crippen molar-refractivity contribution in [3.05, 3.63) is 53.6 Å². The first-order chi connectivity index (χ1) is 9.93. The number of nitrogens with zero attached hydrogens (tertiary/aromatic N) is 1. The molecular weight excluding hydrogens is 278 g/mol. The van der Waals surface area contributed by atoms with E-state index < -0.39 is 17.5 Å². The van der Waals surface area contributed by atoms with Gasteiger partial charge < -0.3 is 15.4 Å². The van der Waals surface area contributed by atoms with Crippen LogP contribution in [-0.2, 0) is 0 Å². The summed E-state index contributed by atoms with van der Waals surface area (Å²) in [7, 11) is 2.98. The van der Waals surface area contributed by atoms with Crippen molar-refractivity contribution in [2.24, 2.45) is 0 Å². The van der Waals surface area contributed by atoms with E-state index in [1.54, 1.807) is 24.3 Å². The molecule has 0 atom stereocenters. The van der Waals surface area contributed by atoms with Gasteiger partial charge in [-0.15, -0.1) is 0 Å². The van der Waals surface area contributed by atoms with Crippen LogP contribution in [0.4, 0.5) is 20.2 Å². The molecule has 0 aliphatic heterocycles. The van der Waals surface area contributed by atoms with E-state index in [0.29, 0.717) is 17.5 Å². The molecule has 0 spiro atoms. The number of nitrogen functional groups attached to an aromatic ring is 1. The number of carbonyl (C=O) groups is 1. The Morgan fingerprint density at radius 1 is 1.19 bits per heavy atom. The van der Waals surface area contributed by atoms with Crippen molar-refractivity contribution < 1.29 is 18.3 Å². The highest BCUT2D eigenvalue weighted by Crippen LogP contribution is 2.23. The fraction of sp³-hybridized carbons (Fsp3) is 0.133. The van der Waals surface area contributed by atoms with E-state index >= 15 is 0 Å². The SMILES string of the molecule is COc1cccc(N(C)C(=O)c2cc(N)c(F)cc2F)c1. The number of hydrogen-bond donors (Lipinski definition) is 1. The molecule has 4 nitrogen and oxygen atoms in total. The summed E-state index contributed by atoms with van der Waals surface area (Å²) in [4.78, 5) is 13.5. The molecule has 21 heavy (non-hydrogen) atoms. The standard InChI is InChI=1S/C15H14F2N2O2/c1-19(9-4-3-5-10(6-9)21-2)15(20)11-7-14(18)13(17)8-12(11)16/h3-8H,18H2,1-2H3. The number of anilines is 2. The van der Waals surface area contributed by atoms with Gasteiger partial charge in [-0.25, -0.2) is 8.78 Å². The van der Waals surface area contributed by atoms with Gasteiger partial charge in [0, 0.05) is 24.9 Å². The lowest BCUT2D eigenvalue weighted by Crippen LogP contribution is -2.27. The highest BCUT2D eigenvalue weighted by Gasteiger charge is 2.19. The van der Waals surface area contributed by atoms with Crippen LogP contribution in [0.2, 0.25) is 0 Å². The van der Waals surface area contributed by atoms with Gasteiger partial charge in [-0.05, 0) is 18.2 Å². The lowest BCUT2D eigenvalue weighted by molar-refractivity contribution is 0.0989. The molecule has 0 aliphatic rings. The van der Waals surface area contributed by atoms with Gasteiger partial charge in [0.2, 0.25) is 0 Å². The number of rotatable bonds is 3. The quantitative estimate of drug-likeness (QED) is 0.885. The summed E-state index contributed by atoms with van der Waals surface area (Å²) >= 11 is 0. The van der Waals surface area contributed by atoms with Crippen LogP contribution < -0.4 is 15.4 Å². The normalized spacial score (nSPS) is 10.3. The van der Waals surface area contributed by atoms with Gasteiger partial charge in [0.25, 0.3) is 5.91 Å². The Morgan fingerprint density at radius 2 is 1.90 bits per heavy atom. The lowest BCUT2D eigenvalue weighted by Gasteiger charge is -2.18. The van der Waals surface area contributed by atoms with Crippen LogP contribution in [-0.4, -0.2) is 20.1 Å². The van der Waals surface area contributed by atoms with Crippen molar-refractivity contribution in [1.29, 1.82) is 0 Å². The predicted octanol–water partition coefficient (Wildman–Crippen LogP) is 2.83. The third-order valence-corrected chi connectivity index (χ3v) is 3.06. The first-order valence-electron chi connectivity index (χ1n) is 6.10. The number of methoxy groups -OCH3 is 1. The monoisotopic (exact) mass is 292 g/mol. The van der Waals surface area contributed by atoms with Crippen molar-refractivity contribution in [3.63, 3.8) is 0 Å². The van der Waals surface area contributed by atoms with Crippen LogP contribution in [0.3, 0.4) is 0 Å². The van der Waals surface area contributed by atoms with E-state index in [0.717, 1.165) is 6.07 Å². The van der Waals surface area contributed by atoms with Crippen LogP contribution in [0.1, 0.15) is 10.4 Å². The largest absolute Gasteiger partial charge is 0.497 e. The minimum Gasteiger partial charge on any atom is -0.497 e. The summed E-state index contributed by atoms with van der Waals surface area (Å²) in [5, 5.41) is 0. The van der Waals surface area contributed by atoms with Crippen LogP contribution in [0.25, 0.3) is 0 Å². The van der Waals surface area contributed by atoms with Gasteiger partial charge in [-0.1, -0.05) is 6.07 Å². The average Bonchev–Trinajstić information content (AvgIpc) is 2.49. The number of carbonyl (C=O) groups excluding carboxylic acids is 1. The summed E-state index contributed by atoms with van der Waals surface area (Å²) in [6.45, 7) is 0. The van der Waals surface area contributed by atoms with Crippen molar-refractivity contribution in [2.45, 2.75) is 0 Å². The number of nitrogens with two attached hydrogens (primary N) is 1. The molecule has 2 aromatic carbocycles. The summed E-state index contributed by atoms with van der Waals surface area (Å²) in [6.07, 6.45) is 0. The molecule has 2 N–H and O–H groups in total. The third-order valence-electron chi connectivity index (χ3n) is 3.06. The molecule has 0 bridgehead atoms. The summed E-state index contributed by atoms with van der Waals surface area (Å²) in [5.41, 5.74) is 5.32. The molecule has 0 saturated carbocycles. The van der Waals surface area contributed by atoms with E-state index in [-0.39, 0.29) is 11.3 Å². The van der Waals surface area contributed by atoms with Crippen LogP contribution in [0.15, 0.2) is 36.4 Å². The van der Waals surface area contributed by atoms with E-state index in [2.05, 4.69) is 0 Å². The van der Waals surface area contributed by atoms with Crippen LogP contribution in [0.5, 0.6) is 5.75 Å². The lowest BCUT2D eigenvalue weighted by atomic mass is 10.1. The molecule has 0 heterocycles. The molecule has 0 saturated heterocycles. The average molecular weight is 292 g/mol. The smallest absolute Gasteiger partial charge is 0.261 e. The predicted molar refractivity (Wildman–Crippen MR) is 76.5 cm³/mol. The number of benzene rings is 2. The molecular formula is C15H14F2N2O2. The van der Waals surface area contributed by atoms with Crippen molar-refractivity contribution in [3.8, 4) is 5.75 Å². The number of halogens is 2. The Labute approximate surface area is 120 Å². The highest BCUT2D eigenvalue weighted by atomic mass is 19.1. The fourth-order valence-corrected chi connectivity index (χ4v) is 1.85. The fourth-order valence-electron chi connectivity index (χ4n) is 1.85. The molecule has 1 amide bonds. The van der Waals surface area contributed by atoms with Crippen molar-refractivity contribution >= 4 is 17.3 Å². The Kier molecular flexibility index (Phi) is 4.07. The van der Waals surface area contributed by atoms with E-state index in [9.17, 15) is 13.6 Å². The minimum absolute atomic E-state index is 0.279. The zero-order valence-corrected chi connectivity index (χ0v) is 11.6. The zero-order valence-electron chi connectivity index (χ0n) is 11.6. The Morgan fingerprint density at radius 3 is 2.57 bits per heavy atom. The van der Waals surface area contributed by atoms with Gasteiger partial charge in [0.15, 0.2) is 0 Å². The first-order valence-corrected chi connectivity index (χ1v) is 6.10. The first kappa shape index (κ1) is 14.8. The van der Waals surface area contributed by atoms with Gasteiger partial charge in [-0.2, -0.15) is 0 Å². The molecule has 0 aromatic heterocycles. The maximum absolute atomic E-state index is 13.7. The van der Waals surface area contributed by atoms with Gasteiger partial charge in [0.05, 0.1) is 18.4 Å². The second-order valence-electron chi connectivity index (χ2n) is 4.42. The molecule has 0 aliphatic carbocycles. The van der Waals surface area contributed by atoms with E-state index in [1.165, 1.54) is 19.1 Å².